The number of aromatic nitrogens is 1. The van der Waals surface area contributed by atoms with E-state index in [0.717, 1.165) is 21.2 Å². The van der Waals surface area contributed by atoms with E-state index in [1.807, 2.05) is 30.6 Å². The average molecular weight is 356 g/mol. The quantitative estimate of drug-likeness (QED) is 0.875. The molecule has 0 unspecified atom stereocenters. The monoisotopic (exact) mass is 354 g/mol. The topological polar surface area (TPSA) is 24.9 Å². The molecular formula is C13H12Br2N2. The van der Waals surface area contributed by atoms with Gasteiger partial charge in [0.25, 0.3) is 0 Å². The molecule has 0 aliphatic heterocycles. The van der Waals surface area contributed by atoms with Crippen molar-refractivity contribution < 1.29 is 0 Å². The molecule has 0 radical (unpaired) electrons. The minimum absolute atomic E-state index is 0.773. The number of anilines is 1. The van der Waals surface area contributed by atoms with Crippen LogP contribution in [0.3, 0.4) is 0 Å². The largest absolute Gasteiger partial charge is 0.380 e. The van der Waals surface area contributed by atoms with Gasteiger partial charge in [-0.05, 0) is 58.2 Å². The average Bonchev–Trinajstić information content (AvgIpc) is 2.32. The third-order valence-electron chi connectivity index (χ3n) is 2.55. The van der Waals surface area contributed by atoms with Crippen LogP contribution in [0.25, 0.3) is 0 Å². The summed E-state index contributed by atoms with van der Waals surface area (Å²) < 4.78 is 2.12. The lowest BCUT2D eigenvalue weighted by molar-refractivity contribution is 1.08. The van der Waals surface area contributed by atoms with Gasteiger partial charge in [-0.2, -0.15) is 0 Å². The van der Waals surface area contributed by atoms with E-state index in [9.17, 15) is 0 Å². The Bertz CT molecular complexity index is 527. The van der Waals surface area contributed by atoms with Gasteiger partial charge in [-0.1, -0.05) is 15.9 Å². The molecule has 2 aromatic rings. The number of benzene rings is 1. The fourth-order valence-corrected chi connectivity index (χ4v) is 2.25. The molecule has 17 heavy (non-hydrogen) atoms. The van der Waals surface area contributed by atoms with Crippen molar-refractivity contribution in [2.24, 2.45) is 0 Å². The molecule has 4 heteroatoms. The fourth-order valence-electron chi connectivity index (χ4n) is 1.51. The Morgan fingerprint density at radius 1 is 1.24 bits per heavy atom. The van der Waals surface area contributed by atoms with Gasteiger partial charge in [-0.3, -0.25) is 4.98 Å². The van der Waals surface area contributed by atoms with E-state index in [2.05, 4.69) is 55.2 Å². The first-order valence-corrected chi connectivity index (χ1v) is 6.84. The molecule has 0 bridgehead atoms. The number of nitrogens with one attached hydrogen (secondary N) is 1. The number of halogens is 2. The number of hydrogen-bond acceptors (Lipinski definition) is 2. The van der Waals surface area contributed by atoms with E-state index in [1.54, 1.807) is 0 Å². The SMILES string of the molecule is Cc1ccncc1CNc1cc(Br)ccc1Br. The van der Waals surface area contributed by atoms with Gasteiger partial charge in [0.2, 0.25) is 0 Å². The predicted molar refractivity (Wildman–Crippen MR) is 78.1 cm³/mol. The molecule has 1 aromatic carbocycles. The van der Waals surface area contributed by atoms with Crippen molar-refractivity contribution in [2.45, 2.75) is 13.5 Å². The molecule has 0 spiro atoms. The van der Waals surface area contributed by atoms with Gasteiger partial charge in [0.1, 0.15) is 0 Å². The van der Waals surface area contributed by atoms with Crippen LogP contribution in [0.1, 0.15) is 11.1 Å². The Morgan fingerprint density at radius 2 is 2.06 bits per heavy atom. The molecule has 0 atom stereocenters. The maximum absolute atomic E-state index is 4.14. The Labute approximate surface area is 118 Å². The van der Waals surface area contributed by atoms with Gasteiger partial charge >= 0.3 is 0 Å². The molecule has 2 rings (SSSR count). The molecular weight excluding hydrogens is 344 g/mol. The van der Waals surface area contributed by atoms with Crippen LogP contribution in [0.2, 0.25) is 0 Å². The first-order chi connectivity index (χ1) is 8.16. The molecule has 0 saturated heterocycles. The Kier molecular flexibility index (Phi) is 4.18. The fraction of sp³-hybridized carbons (Fsp3) is 0.154. The maximum atomic E-state index is 4.14. The maximum Gasteiger partial charge on any atom is 0.0498 e. The van der Waals surface area contributed by atoms with Crippen molar-refractivity contribution in [3.63, 3.8) is 0 Å². The molecule has 0 aliphatic rings. The molecule has 2 nitrogen and oxygen atoms in total. The highest BCUT2D eigenvalue weighted by Gasteiger charge is 2.02. The van der Waals surface area contributed by atoms with Crippen molar-refractivity contribution in [1.82, 2.24) is 4.98 Å². The van der Waals surface area contributed by atoms with Crippen molar-refractivity contribution in [3.8, 4) is 0 Å². The standard InChI is InChI=1S/C13H12Br2N2/c1-9-4-5-16-7-10(9)8-17-13-6-11(14)2-3-12(13)15/h2-7,17H,8H2,1H3. The summed E-state index contributed by atoms with van der Waals surface area (Å²) in [6.45, 7) is 2.86. The zero-order chi connectivity index (χ0) is 12.3. The lowest BCUT2D eigenvalue weighted by Gasteiger charge is -2.10. The Morgan fingerprint density at radius 3 is 2.82 bits per heavy atom. The summed E-state index contributed by atoms with van der Waals surface area (Å²) in [6, 6.07) is 8.09. The second kappa shape index (κ2) is 5.65. The van der Waals surface area contributed by atoms with Crippen LogP contribution in [0, 0.1) is 6.92 Å². The number of hydrogen-bond donors (Lipinski definition) is 1. The summed E-state index contributed by atoms with van der Waals surface area (Å²) in [5.74, 6) is 0. The molecule has 0 amide bonds. The number of aryl methyl sites for hydroxylation is 1. The lowest BCUT2D eigenvalue weighted by atomic mass is 10.1. The van der Waals surface area contributed by atoms with E-state index in [0.29, 0.717) is 0 Å². The summed E-state index contributed by atoms with van der Waals surface area (Å²) >= 11 is 6.99. The van der Waals surface area contributed by atoms with Crippen LogP contribution in [-0.2, 0) is 6.54 Å². The van der Waals surface area contributed by atoms with Crippen molar-refractivity contribution in [1.29, 1.82) is 0 Å². The minimum Gasteiger partial charge on any atom is -0.380 e. The number of nitrogens with zero attached hydrogens (tertiary/aromatic N) is 1. The molecule has 1 heterocycles. The van der Waals surface area contributed by atoms with Gasteiger partial charge in [0, 0.05) is 33.6 Å². The number of rotatable bonds is 3. The summed E-state index contributed by atoms with van der Waals surface area (Å²) in [4.78, 5) is 4.14. The highest BCUT2D eigenvalue weighted by atomic mass is 79.9. The molecule has 1 aromatic heterocycles. The van der Waals surface area contributed by atoms with Crippen LogP contribution >= 0.6 is 31.9 Å². The minimum atomic E-state index is 0.773. The van der Waals surface area contributed by atoms with Crippen LogP contribution in [0.4, 0.5) is 5.69 Å². The summed E-state index contributed by atoms with van der Waals surface area (Å²) in [5, 5.41) is 3.39. The highest BCUT2D eigenvalue weighted by molar-refractivity contribution is 9.11. The van der Waals surface area contributed by atoms with Gasteiger partial charge in [-0.25, -0.2) is 0 Å². The predicted octanol–water partition coefficient (Wildman–Crippen LogP) is 4.53. The zero-order valence-corrected chi connectivity index (χ0v) is 12.5. The molecule has 0 fully saturated rings. The molecule has 88 valence electrons. The van der Waals surface area contributed by atoms with E-state index in [4.69, 9.17) is 0 Å². The van der Waals surface area contributed by atoms with Gasteiger partial charge in [0.05, 0.1) is 0 Å². The van der Waals surface area contributed by atoms with Crippen molar-refractivity contribution in [2.75, 3.05) is 5.32 Å². The Hall–Kier alpha value is -0.870. The third kappa shape index (κ3) is 3.30. The van der Waals surface area contributed by atoms with E-state index < -0.39 is 0 Å². The second-order valence-electron chi connectivity index (χ2n) is 3.78. The van der Waals surface area contributed by atoms with Gasteiger partial charge in [-0.15, -0.1) is 0 Å². The molecule has 0 saturated carbocycles. The van der Waals surface area contributed by atoms with E-state index >= 15 is 0 Å². The smallest absolute Gasteiger partial charge is 0.0498 e. The van der Waals surface area contributed by atoms with Crippen molar-refractivity contribution in [3.05, 3.63) is 56.7 Å². The number of pyridine rings is 1. The van der Waals surface area contributed by atoms with E-state index in [1.165, 1.54) is 11.1 Å². The third-order valence-corrected chi connectivity index (χ3v) is 3.73. The van der Waals surface area contributed by atoms with Crippen molar-refractivity contribution >= 4 is 37.5 Å². The summed E-state index contributed by atoms with van der Waals surface area (Å²) in [6.07, 6.45) is 3.71. The molecule has 0 aliphatic carbocycles. The highest BCUT2D eigenvalue weighted by Crippen LogP contribution is 2.26. The zero-order valence-electron chi connectivity index (χ0n) is 9.37. The Balaban J connectivity index is 2.12. The summed E-state index contributed by atoms with van der Waals surface area (Å²) in [7, 11) is 0. The first-order valence-electron chi connectivity index (χ1n) is 5.25. The van der Waals surface area contributed by atoms with Crippen LogP contribution in [-0.4, -0.2) is 4.98 Å². The second-order valence-corrected chi connectivity index (χ2v) is 5.55. The first kappa shape index (κ1) is 12.6. The lowest BCUT2D eigenvalue weighted by Crippen LogP contribution is -2.02. The normalized spacial score (nSPS) is 10.3. The van der Waals surface area contributed by atoms with Crippen LogP contribution in [0.5, 0.6) is 0 Å². The summed E-state index contributed by atoms with van der Waals surface area (Å²) in [5.41, 5.74) is 3.53. The van der Waals surface area contributed by atoms with Gasteiger partial charge < -0.3 is 5.32 Å². The van der Waals surface area contributed by atoms with Crippen LogP contribution < -0.4 is 5.32 Å². The van der Waals surface area contributed by atoms with E-state index in [-0.39, 0.29) is 0 Å². The van der Waals surface area contributed by atoms with Crippen LogP contribution in [0.15, 0.2) is 45.6 Å². The molecule has 1 N–H and O–H groups in total. The van der Waals surface area contributed by atoms with Gasteiger partial charge in [0.15, 0.2) is 0 Å².